The monoisotopic (exact) mass is 326 g/mol. The van der Waals surface area contributed by atoms with Gasteiger partial charge in [0.25, 0.3) is 0 Å². The summed E-state index contributed by atoms with van der Waals surface area (Å²) in [6.07, 6.45) is 2.50. The molecule has 0 radical (unpaired) electrons. The maximum atomic E-state index is 6.12. The van der Waals surface area contributed by atoms with Crippen LogP contribution in [0.3, 0.4) is 0 Å². The van der Waals surface area contributed by atoms with Gasteiger partial charge in [-0.15, -0.1) is 11.3 Å². The number of aryl methyl sites for hydroxylation is 1. The van der Waals surface area contributed by atoms with Crippen LogP contribution in [0.2, 0.25) is 5.02 Å². The Morgan fingerprint density at radius 3 is 2.76 bits per heavy atom. The number of rotatable bonds is 6. The Labute approximate surface area is 133 Å². The first-order valence-electron chi connectivity index (χ1n) is 6.65. The largest absolute Gasteiger partial charge is 0.493 e. The lowest BCUT2D eigenvalue weighted by atomic mass is 10.1. The average Bonchev–Trinajstić information content (AvgIpc) is 2.82. The number of nitrogens with zero attached hydrogens (tertiary/aromatic N) is 1. The molecule has 0 aliphatic rings. The standard InChI is InChI=1S/C15H19ClN2O2S/c1-9(17)4-11-5-12(16)6-14(19-3)15(11)20-8-13-7-18-10(2)21-13/h5-7,9H,4,8,17H2,1-3H3. The average molecular weight is 327 g/mol. The summed E-state index contributed by atoms with van der Waals surface area (Å²) in [5, 5.41) is 1.64. The van der Waals surface area contributed by atoms with Crippen LogP contribution in [-0.2, 0) is 13.0 Å². The van der Waals surface area contributed by atoms with E-state index < -0.39 is 0 Å². The second kappa shape index (κ2) is 7.11. The molecular formula is C15H19ClN2O2S. The Balaban J connectivity index is 2.26. The highest BCUT2D eigenvalue weighted by atomic mass is 35.5. The molecule has 0 saturated carbocycles. The molecule has 0 saturated heterocycles. The van der Waals surface area contributed by atoms with E-state index in [9.17, 15) is 0 Å². The number of thiazole rings is 1. The van der Waals surface area contributed by atoms with Crippen LogP contribution in [0.25, 0.3) is 0 Å². The van der Waals surface area contributed by atoms with Crippen molar-refractivity contribution in [3.8, 4) is 11.5 Å². The van der Waals surface area contributed by atoms with Gasteiger partial charge in [-0.3, -0.25) is 0 Å². The third-order valence-corrected chi connectivity index (χ3v) is 3.99. The molecule has 114 valence electrons. The van der Waals surface area contributed by atoms with Crippen molar-refractivity contribution < 1.29 is 9.47 Å². The first-order chi connectivity index (χ1) is 9.99. The summed E-state index contributed by atoms with van der Waals surface area (Å²) in [7, 11) is 1.60. The van der Waals surface area contributed by atoms with Crippen LogP contribution in [0.4, 0.5) is 0 Å². The fourth-order valence-electron chi connectivity index (χ4n) is 2.05. The van der Waals surface area contributed by atoms with E-state index >= 15 is 0 Å². The molecule has 4 nitrogen and oxygen atoms in total. The number of ether oxygens (including phenoxy) is 2. The predicted octanol–water partition coefficient (Wildman–Crippen LogP) is 3.58. The third-order valence-electron chi connectivity index (χ3n) is 2.89. The van der Waals surface area contributed by atoms with Gasteiger partial charge < -0.3 is 15.2 Å². The SMILES string of the molecule is COc1cc(Cl)cc(CC(C)N)c1OCc1cnc(C)s1. The Morgan fingerprint density at radius 1 is 1.43 bits per heavy atom. The maximum Gasteiger partial charge on any atom is 0.165 e. The lowest BCUT2D eigenvalue weighted by Crippen LogP contribution is -2.18. The Kier molecular flexibility index (Phi) is 5.45. The zero-order valence-corrected chi connectivity index (χ0v) is 13.9. The second-order valence-corrected chi connectivity index (χ2v) is 6.67. The molecule has 0 aliphatic heterocycles. The molecule has 1 aromatic heterocycles. The van der Waals surface area contributed by atoms with Crippen molar-refractivity contribution in [1.82, 2.24) is 4.98 Å². The lowest BCUT2D eigenvalue weighted by Gasteiger charge is -2.16. The summed E-state index contributed by atoms with van der Waals surface area (Å²) in [6, 6.07) is 3.64. The molecule has 0 spiro atoms. The van der Waals surface area contributed by atoms with Crippen molar-refractivity contribution in [2.45, 2.75) is 32.9 Å². The summed E-state index contributed by atoms with van der Waals surface area (Å²) in [5.74, 6) is 1.32. The zero-order valence-electron chi connectivity index (χ0n) is 12.4. The van der Waals surface area contributed by atoms with Crippen LogP contribution in [-0.4, -0.2) is 18.1 Å². The summed E-state index contributed by atoms with van der Waals surface area (Å²) in [5.41, 5.74) is 6.85. The molecule has 0 fully saturated rings. The van der Waals surface area contributed by atoms with Crippen molar-refractivity contribution in [2.24, 2.45) is 5.73 Å². The number of benzene rings is 1. The quantitative estimate of drug-likeness (QED) is 0.881. The molecule has 1 atom stereocenters. The molecule has 0 aliphatic carbocycles. The fraction of sp³-hybridized carbons (Fsp3) is 0.400. The van der Waals surface area contributed by atoms with Crippen molar-refractivity contribution in [3.05, 3.63) is 38.8 Å². The van der Waals surface area contributed by atoms with E-state index in [1.54, 1.807) is 24.5 Å². The summed E-state index contributed by atoms with van der Waals surface area (Å²) >= 11 is 7.74. The smallest absolute Gasteiger partial charge is 0.165 e. The maximum absolute atomic E-state index is 6.12. The van der Waals surface area contributed by atoms with E-state index in [1.807, 2.05) is 26.1 Å². The number of halogens is 1. The van der Waals surface area contributed by atoms with Crippen LogP contribution in [0.15, 0.2) is 18.3 Å². The molecule has 1 heterocycles. The number of methoxy groups -OCH3 is 1. The molecule has 1 unspecified atom stereocenters. The van der Waals surface area contributed by atoms with E-state index in [0.717, 1.165) is 15.4 Å². The van der Waals surface area contributed by atoms with Crippen LogP contribution in [0.5, 0.6) is 11.5 Å². The zero-order chi connectivity index (χ0) is 15.4. The highest BCUT2D eigenvalue weighted by Gasteiger charge is 2.15. The van der Waals surface area contributed by atoms with E-state index in [-0.39, 0.29) is 6.04 Å². The minimum atomic E-state index is 0.0150. The van der Waals surface area contributed by atoms with Crippen LogP contribution >= 0.6 is 22.9 Å². The Morgan fingerprint density at radius 2 is 2.19 bits per heavy atom. The van der Waals surface area contributed by atoms with E-state index in [1.165, 1.54) is 0 Å². The van der Waals surface area contributed by atoms with Gasteiger partial charge in [0.05, 0.1) is 17.0 Å². The first-order valence-corrected chi connectivity index (χ1v) is 7.85. The third kappa shape index (κ3) is 4.33. The van der Waals surface area contributed by atoms with Crippen molar-refractivity contribution in [3.63, 3.8) is 0 Å². The van der Waals surface area contributed by atoms with E-state index in [2.05, 4.69) is 4.98 Å². The van der Waals surface area contributed by atoms with E-state index in [0.29, 0.717) is 29.5 Å². The van der Waals surface area contributed by atoms with Crippen molar-refractivity contribution in [1.29, 1.82) is 0 Å². The van der Waals surface area contributed by atoms with Crippen molar-refractivity contribution in [2.75, 3.05) is 7.11 Å². The molecule has 0 amide bonds. The first kappa shape index (κ1) is 16.1. The van der Waals surface area contributed by atoms with E-state index in [4.69, 9.17) is 26.8 Å². The minimum absolute atomic E-state index is 0.0150. The fourth-order valence-corrected chi connectivity index (χ4v) is 2.99. The molecule has 2 aromatic rings. The number of hydrogen-bond acceptors (Lipinski definition) is 5. The number of hydrogen-bond donors (Lipinski definition) is 1. The van der Waals surface area contributed by atoms with Gasteiger partial charge in [0, 0.05) is 28.9 Å². The van der Waals surface area contributed by atoms with Crippen molar-refractivity contribution >= 4 is 22.9 Å². The van der Waals surface area contributed by atoms with Gasteiger partial charge in [-0.1, -0.05) is 11.6 Å². The van der Waals surface area contributed by atoms with Gasteiger partial charge >= 0.3 is 0 Å². The minimum Gasteiger partial charge on any atom is -0.493 e. The molecule has 0 bridgehead atoms. The molecule has 1 aromatic carbocycles. The lowest BCUT2D eigenvalue weighted by molar-refractivity contribution is 0.283. The molecule has 6 heteroatoms. The second-order valence-electron chi connectivity index (χ2n) is 4.91. The van der Waals surface area contributed by atoms with Gasteiger partial charge in [0.1, 0.15) is 6.61 Å². The Hall–Kier alpha value is -1.30. The normalized spacial score (nSPS) is 12.2. The molecule has 2 N–H and O–H groups in total. The molecule has 21 heavy (non-hydrogen) atoms. The number of nitrogens with two attached hydrogens (primary N) is 1. The predicted molar refractivity (Wildman–Crippen MR) is 86.5 cm³/mol. The summed E-state index contributed by atoms with van der Waals surface area (Å²) < 4.78 is 11.3. The van der Waals surface area contributed by atoms with Crippen LogP contribution in [0, 0.1) is 6.92 Å². The van der Waals surface area contributed by atoms with Gasteiger partial charge in [0.2, 0.25) is 0 Å². The highest BCUT2D eigenvalue weighted by molar-refractivity contribution is 7.11. The van der Waals surface area contributed by atoms with Crippen LogP contribution in [0.1, 0.15) is 22.4 Å². The molecular weight excluding hydrogens is 308 g/mol. The summed E-state index contributed by atoms with van der Waals surface area (Å²) in [6.45, 7) is 4.37. The van der Waals surface area contributed by atoms with Gasteiger partial charge in [-0.25, -0.2) is 4.98 Å². The molecule has 2 rings (SSSR count). The summed E-state index contributed by atoms with van der Waals surface area (Å²) in [4.78, 5) is 5.29. The number of aromatic nitrogens is 1. The van der Waals surface area contributed by atoms with Crippen LogP contribution < -0.4 is 15.2 Å². The van der Waals surface area contributed by atoms with Gasteiger partial charge in [-0.2, -0.15) is 0 Å². The Bertz CT molecular complexity index is 614. The van der Waals surface area contributed by atoms with Gasteiger partial charge in [0.15, 0.2) is 11.5 Å². The topological polar surface area (TPSA) is 57.4 Å². The van der Waals surface area contributed by atoms with Gasteiger partial charge in [-0.05, 0) is 26.3 Å². The highest BCUT2D eigenvalue weighted by Crippen LogP contribution is 2.36.